The Morgan fingerprint density at radius 2 is 1.68 bits per heavy atom. The van der Waals surface area contributed by atoms with Crippen molar-refractivity contribution in [3.63, 3.8) is 0 Å². The van der Waals surface area contributed by atoms with E-state index in [1.807, 2.05) is 6.92 Å². The van der Waals surface area contributed by atoms with Crippen LogP contribution in [-0.2, 0) is 0 Å². The molecule has 1 aliphatic carbocycles. The van der Waals surface area contributed by atoms with E-state index < -0.39 is 30.2 Å². The van der Waals surface area contributed by atoms with E-state index in [1.54, 1.807) is 24.3 Å². The van der Waals surface area contributed by atoms with Crippen LogP contribution in [0.5, 0.6) is 0 Å². The first-order chi connectivity index (χ1) is 8.79. The summed E-state index contributed by atoms with van der Waals surface area (Å²) in [6, 6.07) is 6.76. The van der Waals surface area contributed by atoms with Gasteiger partial charge < -0.3 is 0 Å². The van der Waals surface area contributed by atoms with Gasteiger partial charge in [-0.2, -0.15) is 13.2 Å². The Labute approximate surface area is 107 Å². The molecule has 0 amide bonds. The molecule has 0 aliphatic heterocycles. The second-order valence-electron chi connectivity index (χ2n) is 4.47. The Bertz CT molecular complexity index is 534. The number of hydrogen-bond donors (Lipinski definition) is 0. The summed E-state index contributed by atoms with van der Waals surface area (Å²) in [5, 5.41) is 0. The van der Waals surface area contributed by atoms with Crippen LogP contribution in [0.1, 0.15) is 17.5 Å². The predicted octanol–water partition coefficient (Wildman–Crippen LogP) is 4.91. The van der Waals surface area contributed by atoms with Crippen LogP contribution in [0, 0.1) is 6.92 Å². The van der Waals surface area contributed by atoms with E-state index >= 15 is 0 Å². The van der Waals surface area contributed by atoms with Crippen LogP contribution >= 0.6 is 0 Å². The first kappa shape index (κ1) is 13.8. The summed E-state index contributed by atoms with van der Waals surface area (Å²) < 4.78 is 64.4. The average molecular weight is 274 g/mol. The fraction of sp³-hybridized carbons (Fsp3) is 0.286. The molecule has 5 heteroatoms. The topological polar surface area (TPSA) is 0 Å². The van der Waals surface area contributed by atoms with E-state index in [9.17, 15) is 22.0 Å². The Kier molecular flexibility index (Phi) is 3.47. The number of rotatable bonds is 1. The lowest BCUT2D eigenvalue weighted by Gasteiger charge is -2.22. The number of hydrogen-bond acceptors (Lipinski definition) is 0. The summed E-state index contributed by atoms with van der Waals surface area (Å²) >= 11 is 0. The van der Waals surface area contributed by atoms with Crippen LogP contribution in [0.15, 0.2) is 41.7 Å². The van der Waals surface area contributed by atoms with Crippen LogP contribution in [0.3, 0.4) is 0 Å². The van der Waals surface area contributed by atoms with Crippen molar-refractivity contribution in [1.82, 2.24) is 0 Å². The molecule has 0 nitrogen and oxygen atoms in total. The van der Waals surface area contributed by atoms with Crippen LogP contribution in [-0.4, -0.2) is 12.3 Å². The highest BCUT2D eigenvalue weighted by atomic mass is 19.4. The van der Waals surface area contributed by atoms with Crippen molar-refractivity contribution in [2.75, 3.05) is 0 Å². The molecule has 0 fully saturated rings. The quantitative estimate of drug-likeness (QED) is 0.638. The van der Waals surface area contributed by atoms with Gasteiger partial charge in [0.05, 0.1) is 0 Å². The Morgan fingerprint density at radius 3 is 2.16 bits per heavy atom. The molecule has 1 atom stereocenters. The van der Waals surface area contributed by atoms with Gasteiger partial charge in [-0.25, -0.2) is 8.78 Å². The van der Waals surface area contributed by atoms with Gasteiger partial charge in [0.2, 0.25) is 0 Å². The Hall–Kier alpha value is -1.65. The van der Waals surface area contributed by atoms with E-state index in [0.29, 0.717) is 5.56 Å². The maximum Gasteiger partial charge on any atom is 0.418 e. The van der Waals surface area contributed by atoms with E-state index in [2.05, 4.69) is 0 Å². The molecule has 0 saturated carbocycles. The zero-order valence-corrected chi connectivity index (χ0v) is 10.1. The number of halogens is 5. The number of benzene rings is 1. The molecule has 0 spiro atoms. The molecular weight excluding hydrogens is 263 g/mol. The van der Waals surface area contributed by atoms with Gasteiger partial charge in [-0.15, -0.1) is 0 Å². The molecule has 0 saturated heterocycles. The summed E-state index contributed by atoms with van der Waals surface area (Å²) in [7, 11) is 0. The fourth-order valence-corrected chi connectivity index (χ4v) is 2.02. The third kappa shape index (κ3) is 2.85. The summed E-state index contributed by atoms with van der Waals surface area (Å²) in [5.74, 6) is -1.54. The molecule has 0 heterocycles. The van der Waals surface area contributed by atoms with Gasteiger partial charge in [-0.05, 0) is 24.1 Å². The highest BCUT2D eigenvalue weighted by molar-refractivity contribution is 5.71. The second-order valence-corrected chi connectivity index (χ2v) is 4.47. The van der Waals surface area contributed by atoms with E-state index in [4.69, 9.17) is 0 Å². The molecule has 0 radical (unpaired) electrons. The smallest absolute Gasteiger partial charge is 0.242 e. The zero-order chi connectivity index (χ0) is 14.2. The minimum absolute atomic E-state index is 0.234. The first-order valence-corrected chi connectivity index (χ1v) is 5.67. The van der Waals surface area contributed by atoms with Crippen molar-refractivity contribution in [2.45, 2.75) is 25.7 Å². The van der Waals surface area contributed by atoms with Gasteiger partial charge in [0, 0.05) is 6.42 Å². The van der Waals surface area contributed by atoms with Gasteiger partial charge in [-0.1, -0.05) is 29.8 Å². The van der Waals surface area contributed by atoms with Gasteiger partial charge in [-0.3, -0.25) is 0 Å². The van der Waals surface area contributed by atoms with Gasteiger partial charge >= 0.3 is 6.18 Å². The lowest BCUT2D eigenvalue weighted by molar-refractivity contribution is -0.102. The molecule has 1 unspecified atom stereocenters. The number of aryl methyl sites for hydroxylation is 1. The summed E-state index contributed by atoms with van der Waals surface area (Å²) in [6.07, 6.45) is -7.03. The molecule has 19 heavy (non-hydrogen) atoms. The summed E-state index contributed by atoms with van der Waals surface area (Å²) in [4.78, 5) is 0. The number of alkyl halides is 4. The molecule has 1 aliphatic rings. The highest BCUT2D eigenvalue weighted by Gasteiger charge is 2.43. The van der Waals surface area contributed by atoms with Crippen molar-refractivity contribution in [3.05, 3.63) is 52.9 Å². The van der Waals surface area contributed by atoms with Crippen LogP contribution in [0.2, 0.25) is 0 Å². The summed E-state index contributed by atoms with van der Waals surface area (Å²) in [6.45, 7) is 1.85. The van der Waals surface area contributed by atoms with Crippen molar-refractivity contribution in [2.24, 2.45) is 0 Å². The average Bonchev–Trinajstić information content (AvgIpc) is 2.26. The highest BCUT2D eigenvalue weighted by Crippen LogP contribution is 2.41. The lowest BCUT2D eigenvalue weighted by Crippen LogP contribution is -2.24. The molecule has 0 N–H and O–H groups in total. The third-order valence-corrected chi connectivity index (χ3v) is 3.00. The Balaban J connectivity index is 2.41. The standard InChI is InChI=1S/C14H11F5/c1-8-2-4-9(5-3-8)10-6-11(15)13(12(16)7-10)14(17,18)19/h2-6,12H,7H2,1H3. The normalized spacial score (nSPS) is 20.5. The minimum atomic E-state index is -4.97. The van der Waals surface area contributed by atoms with Gasteiger partial charge in [0.1, 0.15) is 17.6 Å². The second kappa shape index (κ2) is 4.79. The molecule has 2 rings (SSSR count). The van der Waals surface area contributed by atoms with Crippen molar-refractivity contribution < 1.29 is 22.0 Å². The zero-order valence-electron chi connectivity index (χ0n) is 10.1. The van der Waals surface area contributed by atoms with Gasteiger partial charge in [0.15, 0.2) is 0 Å². The first-order valence-electron chi connectivity index (χ1n) is 5.67. The maximum absolute atomic E-state index is 13.6. The summed E-state index contributed by atoms with van der Waals surface area (Å²) in [5.41, 5.74) is 0.00920. The van der Waals surface area contributed by atoms with Crippen molar-refractivity contribution >= 4 is 5.57 Å². The van der Waals surface area contributed by atoms with Gasteiger partial charge in [0.25, 0.3) is 0 Å². The molecule has 1 aromatic carbocycles. The lowest BCUT2D eigenvalue weighted by atomic mass is 9.90. The largest absolute Gasteiger partial charge is 0.418 e. The monoisotopic (exact) mass is 274 g/mol. The molecule has 102 valence electrons. The number of allylic oxidation sites excluding steroid dienone is 4. The van der Waals surface area contributed by atoms with Crippen molar-refractivity contribution in [1.29, 1.82) is 0 Å². The molecule has 0 bridgehead atoms. The molecule has 0 aromatic heterocycles. The fourth-order valence-electron chi connectivity index (χ4n) is 2.02. The maximum atomic E-state index is 13.6. The Morgan fingerprint density at radius 1 is 1.11 bits per heavy atom. The molecule has 1 aromatic rings. The van der Waals surface area contributed by atoms with Crippen LogP contribution in [0.25, 0.3) is 5.57 Å². The van der Waals surface area contributed by atoms with Crippen LogP contribution in [0.4, 0.5) is 22.0 Å². The van der Waals surface area contributed by atoms with E-state index in [0.717, 1.165) is 11.6 Å². The van der Waals surface area contributed by atoms with E-state index in [-0.39, 0.29) is 5.57 Å². The van der Waals surface area contributed by atoms with Crippen LogP contribution < -0.4 is 0 Å². The molecular formula is C14H11F5. The predicted molar refractivity (Wildman–Crippen MR) is 62.9 cm³/mol. The minimum Gasteiger partial charge on any atom is -0.242 e. The van der Waals surface area contributed by atoms with Crippen molar-refractivity contribution in [3.8, 4) is 0 Å². The SMILES string of the molecule is Cc1ccc(C2=CC(F)=C(C(F)(F)F)C(F)C2)cc1. The third-order valence-electron chi connectivity index (χ3n) is 3.00. The van der Waals surface area contributed by atoms with E-state index in [1.165, 1.54) is 0 Å².